The van der Waals surface area contributed by atoms with Gasteiger partial charge in [-0.3, -0.25) is 0 Å². The van der Waals surface area contributed by atoms with Crippen molar-refractivity contribution in [3.8, 4) is 5.75 Å². The molecule has 0 unspecified atom stereocenters. The summed E-state index contributed by atoms with van der Waals surface area (Å²) >= 11 is 11.8. The van der Waals surface area contributed by atoms with Crippen molar-refractivity contribution in [2.45, 2.75) is 6.61 Å². The minimum absolute atomic E-state index is 0.329. The second kappa shape index (κ2) is 7.16. The van der Waals surface area contributed by atoms with Crippen molar-refractivity contribution in [1.82, 2.24) is 0 Å². The molecule has 2 aromatic rings. The van der Waals surface area contributed by atoms with Crippen LogP contribution in [-0.4, -0.2) is 11.1 Å². The average Bonchev–Trinajstić information content (AvgIpc) is 2.44. The normalized spacial score (nSPS) is 10.8. The van der Waals surface area contributed by atoms with E-state index in [0.29, 0.717) is 28.0 Å². The molecule has 0 aromatic heterocycles. The summed E-state index contributed by atoms with van der Waals surface area (Å²) in [6.07, 6.45) is 2.49. The van der Waals surface area contributed by atoms with Gasteiger partial charge in [-0.15, -0.1) is 0 Å². The molecule has 2 aromatic carbocycles. The van der Waals surface area contributed by atoms with Crippen LogP contribution >= 0.6 is 23.2 Å². The highest BCUT2D eigenvalue weighted by atomic mass is 35.5. The summed E-state index contributed by atoms with van der Waals surface area (Å²) in [5, 5.41) is 9.84. The molecule has 0 atom stereocenters. The number of benzene rings is 2. The molecule has 0 aliphatic carbocycles. The van der Waals surface area contributed by atoms with E-state index in [4.69, 9.17) is 33.0 Å². The van der Waals surface area contributed by atoms with Crippen molar-refractivity contribution in [1.29, 1.82) is 0 Å². The Hall–Kier alpha value is -1.97. The minimum Gasteiger partial charge on any atom is -0.488 e. The summed E-state index contributed by atoms with van der Waals surface area (Å²) in [7, 11) is 0. The summed E-state index contributed by atoms with van der Waals surface area (Å²) in [6, 6.07) is 12.4. The van der Waals surface area contributed by atoms with E-state index in [1.165, 1.54) is 6.08 Å². The highest BCUT2D eigenvalue weighted by Crippen LogP contribution is 2.25. The lowest BCUT2D eigenvalue weighted by Crippen LogP contribution is -1.97. The molecular formula is C16H12Cl2O3. The Morgan fingerprint density at radius 3 is 2.62 bits per heavy atom. The number of hydrogen-bond donors (Lipinski definition) is 1. The third-order valence-electron chi connectivity index (χ3n) is 2.66. The van der Waals surface area contributed by atoms with E-state index in [0.717, 1.165) is 11.6 Å². The molecule has 5 heteroatoms. The Kier molecular flexibility index (Phi) is 5.26. The van der Waals surface area contributed by atoms with Gasteiger partial charge in [-0.05, 0) is 42.0 Å². The van der Waals surface area contributed by atoms with E-state index < -0.39 is 5.97 Å². The number of ether oxygens (including phenoxy) is 1. The number of carboxylic acids is 1. The first-order chi connectivity index (χ1) is 10.0. The van der Waals surface area contributed by atoms with Crippen LogP contribution in [0.1, 0.15) is 11.1 Å². The van der Waals surface area contributed by atoms with Gasteiger partial charge in [0, 0.05) is 21.7 Å². The van der Waals surface area contributed by atoms with Crippen LogP contribution in [0.25, 0.3) is 6.08 Å². The second-order valence-electron chi connectivity index (χ2n) is 4.27. The summed E-state index contributed by atoms with van der Waals surface area (Å²) in [4.78, 5) is 10.6. The van der Waals surface area contributed by atoms with E-state index >= 15 is 0 Å². The number of aliphatic carboxylic acids is 1. The number of carbonyl (C=O) groups is 1. The lowest BCUT2D eigenvalue weighted by Gasteiger charge is -2.10. The first kappa shape index (κ1) is 15.4. The maximum atomic E-state index is 10.6. The van der Waals surface area contributed by atoms with Crippen molar-refractivity contribution in [2.24, 2.45) is 0 Å². The van der Waals surface area contributed by atoms with Crippen molar-refractivity contribution < 1.29 is 14.6 Å². The largest absolute Gasteiger partial charge is 0.488 e. The van der Waals surface area contributed by atoms with Crippen LogP contribution in [0.15, 0.2) is 48.5 Å². The Labute approximate surface area is 132 Å². The molecule has 108 valence electrons. The minimum atomic E-state index is -1.03. The number of rotatable bonds is 5. The monoisotopic (exact) mass is 322 g/mol. The molecule has 1 N–H and O–H groups in total. The summed E-state index contributed by atoms with van der Waals surface area (Å²) in [5.41, 5.74) is 1.53. The molecule has 0 amide bonds. The third kappa shape index (κ3) is 4.81. The van der Waals surface area contributed by atoms with Crippen LogP contribution in [-0.2, 0) is 11.4 Å². The first-order valence-electron chi connectivity index (χ1n) is 6.12. The fraction of sp³-hybridized carbons (Fsp3) is 0.0625. The molecule has 0 radical (unpaired) electrons. The van der Waals surface area contributed by atoms with E-state index in [1.54, 1.807) is 24.3 Å². The molecular weight excluding hydrogens is 311 g/mol. The fourth-order valence-corrected chi connectivity index (χ4v) is 2.12. The Balaban J connectivity index is 2.17. The molecule has 0 bridgehead atoms. The molecule has 0 saturated carbocycles. The zero-order chi connectivity index (χ0) is 15.2. The van der Waals surface area contributed by atoms with Crippen LogP contribution < -0.4 is 4.74 Å². The summed E-state index contributed by atoms with van der Waals surface area (Å²) < 4.78 is 5.70. The first-order valence-corrected chi connectivity index (χ1v) is 6.88. The van der Waals surface area contributed by atoms with Crippen LogP contribution in [0.3, 0.4) is 0 Å². The highest BCUT2D eigenvalue weighted by molar-refractivity contribution is 6.31. The maximum Gasteiger partial charge on any atom is 0.328 e. The smallest absolute Gasteiger partial charge is 0.328 e. The second-order valence-corrected chi connectivity index (χ2v) is 5.15. The topological polar surface area (TPSA) is 46.5 Å². The van der Waals surface area contributed by atoms with Gasteiger partial charge in [-0.2, -0.15) is 0 Å². The van der Waals surface area contributed by atoms with Gasteiger partial charge in [-0.1, -0.05) is 35.3 Å². The summed E-state index contributed by atoms with van der Waals surface area (Å²) in [5.74, 6) is -0.479. The maximum absolute atomic E-state index is 10.6. The molecule has 0 fully saturated rings. The van der Waals surface area contributed by atoms with Crippen molar-refractivity contribution in [3.63, 3.8) is 0 Å². The van der Waals surface area contributed by atoms with Crippen molar-refractivity contribution in [3.05, 3.63) is 69.7 Å². The average molecular weight is 323 g/mol. The third-order valence-corrected chi connectivity index (χ3v) is 3.13. The molecule has 2 rings (SSSR count). The van der Waals surface area contributed by atoms with Crippen LogP contribution in [0.5, 0.6) is 5.75 Å². The molecule has 0 spiro atoms. The molecule has 3 nitrogen and oxygen atoms in total. The fourth-order valence-electron chi connectivity index (χ4n) is 1.73. The van der Waals surface area contributed by atoms with Crippen molar-refractivity contribution >= 4 is 35.2 Å². The zero-order valence-electron chi connectivity index (χ0n) is 10.9. The standard InChI is InChI=1S/C16H12Cl2O3/c17-13-3-1-2-11(8-13)10-21-15-6-5-14(18)9-12(15)4-7-16(19)20/h1-9H,10H2,(H,19,20). The SMILES string of the molecule is O=C(O)C=Cc1cc(Cl)ccc1OCc1cccc(Cl)c1. The number of hydrogen-bond acceptors (Lipinski definition) is 2. The lowest BCUT2D eigenvalue weighted by molar-refractivity contribution is -0.131. The van der Waals surface area contributed by atoms with Gasteiger partial charge in [0.25, 0.3) is 0 Å². The van der Waals surface area contributed by atoms with Gasteiger partial charge in [0.05, 0.1) is 0 Å². The Morgan fingerprint density at radius 2 is 1.90 bits per heavy atom. The van der Waals surface area contributed by atoms with Gasteiger partial charge in [0.2, 0.25) is 0 Å². The Morgan fingerprint density at radius 1 is 1.14 bits per heavy atom. The number of carboxylic acid groups (broad SMARTS) is 1. The van der Waals surface area contributed by atoms with Gasteiger partial charge in [-0.25, -0.2) is 4.79 Å². The molecule has 0 aliphatic heterocycles. The van der Waals surface area contributed by atoms with Crippen LogP contribution in [0.4, 0.5) is 0 Å². The Bertz CT molecular complexity index is 681. The molecule has 0 aliphatic rings. The highest BCUT2D eigenvalue weighted by Gasteiger charge is 2.04. The summed E-state index contributed by atoms with van der Waals surface area (Å²) in [6.45, 7) is 0.329. The van der Waals surface area contributed by atoms with Gasteiger partial charge >= 0.3 is 5.97 Å². The van der Waals surface area contributed by atoms with E-state index in [9.17, 15) is 4.79 Å². The van der Waals surface area contributed by atoms with Gasteiger partial charge in [0.15, 0.2) is 0 Å². The zero-order valence-corrected chi connectivity index (χ0v) is 12.4. The van der Waals surface area contributed by atoms with E-state index in [-0.39, 0.29) is 0 Å². The van der Waals surface area contributed by atoms with Gasteiger partial charge < -0.3 is 9.84 Å². The lowest BCUT2D eigenvalue weighted by atomic mass is 10.2. The predicted octanol–water partition coefficient (Wildman–Crippen LogP) is 4.67. The number of halogens is 2. The van der Waals surface area contributed by atoms with Crippen LogP contribution in [0, 0.1) is 0 Å². The van der Waals surface area contributed by atoms with Crippen LogP contribution in [0.2, 0.25) is 10.0 Å². The van der Waals surface area contributed by atoms with E-state index in [1.807, 2.05) is 18.2 Å². The molecule has 21 heavy (non-hydrogen) atoms. The van der Waals surface area contributed by atoms with Crippen molar-refractivity contribution in [2.75, 3.05) is 0 Å². The molecule has 0 heterocycles. The predicted molar refractivity (Wildman–Crippen MR) is 83.9 cm³/mol. The quantitative estimate of drug-likeness (QED) is 0.813. The van der Waals surface area contributed by atoms with E-state index in [2.05, 4.69) is 0 Å². The van der Waals surface area contributed by atoms with Gasteiger partial charge in [0.1, 0.15) is 12.4 Å². The molecule has 0 saturated heterocycles.